The van der Waals surface area contributed by atoms with Crippen molar-refractivity contribution in [2.75, 3.05) is 32.8 Å². The maximum Gasteiger partial charge on any atom is 0.333 e. The number of benzene rings is 1. The van der Waals surface area contributed by atoms with Gasteiger partial charge in [0.1, 0.15) is 12.9 Å². The quantitative estimate of drug-likeness (QED) is 0.687. The molecule has 1 spiro atoms. The molecule has 5 rings (SSSR count). The highest BCUT2D eigenvalue weighted by atomic mass is 16.5. The van der Waals surface area contributed by atoms with Crippen LogP contribution in [0, 0.1) is 5.41 Å². The Labute approximate surface area is 180 Å². The van der Waals surface area contributed by atoms with Crippen molar-refractivity contribution in [3.63, 3.8) is 0 Å². The molecule has 9 nitrogen and oxygen atoms in total. The monoisotopic (exact) mass is 422 g/mol. The number of hydrogen-bond acceptors (Lipinski definition) is 7. The van der Waals surface area contributed by atoms with Crippen LogP contribution in [-0.2, 0) is 20.7 Å². The molecule has 1 aromatic carbocycles. The molecule has 2 saturated heterocycles. The van der Waals surface area contributed by atoms with Crippen LogP contribution in [0.4, 0.5) is 0 Å². The highest BCUT2D eigenvalue weighted by Crippen LogP contribution is 2.42. The van der Waals surface area contributed by atoms with Crippen LogP contribution in [0.25, 0.3) is 5.69 Å². The van der Waals surface area contributed by atoms with E-state index in [2.05, 4.69) is 20.4 Å². The van der Waals surface area contributed by atoms with Crippen LogP contribution in [0.15, 0.2) is 42.4 Å². The lowest BCUT2D eigenvalue weighted by Gasteiger charge is -2.47. The van der Waals surface area contributed by atoms with E-state index >= 15 is 0 Å². The second-order valence-electron chi connectivity index (χ2n) is 8.71. The van der Waals surface area contributed by atoms with Crippen LogP contribution in [0.2, 0.25) is 0 Å². The number of aromatic nitrogens is 4. The minimum atomic E-state index is -0.229. The molecule has 0 radical (unpaired) electrons. The first-order valence-corrected chi connectivity index (χ1v) is 10.8. The number of tetrazole rings is 1. The third-order valence-corrected chi connectivity index (χ3v) is 6.96. The van der Waals surface area contributed by atoms with Crippen LogP contribution in [0.5, 0.6) is 0 Å². The summed E-state index contributed by atoms with van der Waals surface area (Å²) in [5.74, 6) is -0.0404. The summed E-state index contributed by atoms with van der Waals surface area (Å²) in [6.07, 6.45) is 7.91. The normalized spacial score (nSPS) is 20.6. The molecule has 2 aromatic rings. The molecular weight excluding hydrogens is 396 g/mol. The summed E-state index contributed by atoms with van der Waals surface area (Å²) in [7, 11) is 0. The number of cyclic esters (lactones) is 1. The van der Waals surface area contributed by atoms with Crippen molar-refractivity contribution in [2.45, 2.75) is 32.1 Å². The fourth-order valence-corrected chi connectivity index (χ4v) is 4.88. The number of esters is 1. The first-order chi connectivity index (χ1) is 15.1. The summed E-state index contributed by atoms with van der Waals surface area (Å²) in [4.78, 5) is 28.5. The number of carbonyl (C=O) groups is 2. The zero-order chi connectivity index (χ0) is 21.3. The van der Waals surface area contributed by atoms with E-state index in [1.165, 1.54) is 0 Å². The van der Waals surface area contributed by atoms with Gasteiger partial charge in [0.2, 0.25) is 5.91 Å². The first-order valence-electron chi connectivity index (χ1n) is 10.8. The van der Waals surface area contributed by atoms with E-state index in [1.54, 1.807) is 17.1 Å². The van der Waals surface area contributed by atoms with Gasteiger partial charge in [0, 0.05) is 32.3 Å². The van der Waals surface area contributed by atoms with Crippen LogP contribution in [0.1, 0.15) is 31.2 Å². The number of piperidine rings is 2. The fourth-order valence-electron chi connectivity index (χ4n) is 4.88. The summed E-state index contributed by atoms with van der Waals surface area (Å²) in [5, 5.41) is 11.2. The fraction of sp³-hybridized carbons (Fsp3) is 0.500. The molecule has 1 aromatic heterocycles. The molecule has 0 atom stereocenters. The minimum absolute atomic E-state index is 0.189. The lowest BCUT2D eigenvalue weighted by molar-refractivity contribution is -0.135. The van der Waals surface area contributed by atoms with E-state index in [0.717, 1.165) is 68.8 Å². The lowest BCUT2D eigenvalue weighted by Crippen LogP contribution is -2.48. The minimum Gasteiger partial charge on any atom is -0.456 e. The van der Waals surface area contributed by atoms with Gasteiger partial charge in [-0.2, -0.15) is 0 Å². The van der Waals surface area contributed by atoms with Crippen molar-refractivity contribution >= 4 is 11.9 Å². The van der Waals surface area contributed by atoms with Gasteiger partial charge in [0.25, 0.3) is 0 Å². The molecule has 9 heteroatoms. The van der Waals surface area contributed by atoms with Gasteiger partial charge in [0.15, 0.2) is 0 Å². The van der Waals surface area contributed by atoms with E-state index in [9.17, 15) is 9.59 Å². The van der Waals surface area contributed by atoms with Crippen LogP contribution in [0.3, 0.4) is 0 Å². The van der Waals surface area contributed by atoms with Gasteiger partial charge in [-0.05, 0) is 59.2 Å². The highest BCUT2D eigenvalue weighted by Gasteiger charge is 2.39. The van der Waals surface area contributed by atoms with Crippen LogP contribution in [-0.4, -0.2) is 74.7 Å². The molecule has 2 fully saturated rings. The number of hydrogen-bond donors (Lipinski definition) is 0. The Morgan fingerprint density at radius 3 is 2.35 bits per heavy atom. The van der Waals surface area contributed by atoms with E-state index < -0.39 is 0 Å². The van der Waals surface area contributed by atoms with Gasteiger partial charge in [-0.3, -0.25) is 4.79 Å². The number of ether oxygens (including phenoxy) is 1. The maximum absolute atomic E-state index is 12.8. The van der Waals surface area contributed by atoms with Crippen molar-refractivity contribution in [3.05, 3.63) is 47.9 Å². The Balaban J connectivity index is 1.12. The summed E-state index contributed by atoms with van der Waals surface area (Å²) in [6.45, 7) is 3.98. The third kappa shape index (κ3) is 4.17. The van der Waals surface area contributed by atoms with Gasteiger partial charge in [-0.1, -0.05) is 12.1 Å². The molecule has 0 unspecified atom stereocenters. The van der Waals surface area contributed by atoms with Crippen LogP contribution >= 0.6 is 0 Å². The average molecular weight is 422 g/mol. The van der Waals surface area contributed by atoms with Crippen molar-refractivity contribution in [1.29, 1.82) is 0 Å². The molecule has 4 heterocycles. The maximum atomic E-state index is 12.8. The molecule has 0 bridgehead atoms. The predicted octanol–water partition coefficient (Wildman–Crippen LogP) is 1.35. The molecule has 0 saturated carbocycles. The highest BCUT2D eigenvalue weighted by molar-refractivity contribution is 5.85. The molecular formula is C22H26N6O3. The molecule has 3 aliphatic heterocycles. The third-order valence-electron chi connectivity index (χ3n) is 6.96. The van der Waals surface area contributed by atoms with Gasteiger partial charge in [-0.15, -0.1) is 5.10 Å². The molecule has 0 N–H and O–H groups in total. The second kappa shape index (κ2) is 8.13. The number of likely N-dealkylation sites (tertiary alicyclic amines) is 2. The number of rotatable bonds is 4. The largest absolute Gasteiger partial charge is 0.456 e. The molecule has 162 valence electrons. The Morgan fingerprint density at radius 1 is 1.03 bits per heavy atom. The number of carbonyl (C=O) groups excluding carboxylic acids is 2. The van der Waals surface area contributed by atoms with Crippen molar-refractivity contribution < 1.29 is 14.3 Å². The number of nitrogens with zero attached hydrogens (tertiary/aromatic N) is 6. The van der Waals surface area contributed by atoms with Crippen molar-refractivity contribution in [1.82, 2.24) is 30.0 Å². The zero-order valence-electron chi connectivity index (χ0n) is 17.4. The first kappa shape index (κ1) is 19.7. The molecule has 3 aliphatic rings. The van der Waals surface area contributed by atoms with E-state index in [1.807, 2.05) is 29.2 Å². The Morgan fingerprint density at radius 2 is 1.74 bits per heavy atom. The van der Waals surface area contributed by atoms with Crippen LogP contribution < -0.4 is 0 Å². The summed E-state index contributed by atoms with van der Waals surface area (Å²) < 4.78 is 6.64. The van der Waals surface area contributed by atoms with Crippen molar-refractivity contribution in [2.24, 2.45) is 5.41 Å². The topological polar surface area (TPSA) is 93.5 Å². The Hall–Kier alpha value is -3.23. The molecule has 0 aliphatic carbocycles. The number of amides is 1. The molecule has 1 amide bonds. The predicted molar refractivity (Wildman–Crippen MR) is 111 cm³/mol. The SMILES string of the molecule is O=C1C=C(N2CCC3(CCN(C(=O)Cc4ccc(-n5cnnn5)cc4)CC3)CC2)CO1. The standard InChI is InChI=1S/C22H26N6O3/c29-20(13-17-1-3-18(4-2-17)28-16-23-24-25-28)27-11-7-22(8-12-27)5-9-26(10-6-22)19-14-21(30)31-15-19/h1-4,14,16H,5-13,15H2. The van der Waals surface area contributed by atoms with E-state index in [0.29, 0.717) is 18.4 Å². The van der Waals surface area contributed by atoms with Gasteiger partial charge in [-0.25, -0.2) is 9.48 Å². The molecule has 31 heavy (non-hydrogen) atoms. The van der Waals surface area contributed by atoms with E-state index in [-0.39, 0.29) is 11.9 Å². The van der Waals surface area contributed by atoms with Gasteiger partial charge < -0.3 is 14.5 Å². The van der Waals surface area contributed by atoms with E-state index in [4.69, 9.17) is 4.74 Å². The van der Waals surface area contributed by atoms with Gasteiger partial charge in [0.05, 0.1) is 17.8 Å². The summed E-state index contributed by atoms with van der Waals surface area (Å²) in [6, 6.07) is 7.77. The van der Waals surface area contributed by atoms with Crippen molar-refractivity contribution in [3.8, 4) is 5.69 Å². The summed E-state index contributed by atoms with van der Waals surface area (Å²) in [5.41, 5.74) is 3.21. The smallest absolute Gasteiger partial charge is 0.333 e. The lowest BCUT2D eigenvalue weighted by atomic mass is 9.71. The Kier molecular flexibility index (Phi) is 5.17. The van der Waals surface area contributed by atoms with Gasteiger partial charge >= 0.3 is 5.97 Å². The Bertz CT molecular complexity index is 967. The average Bonchev–Trinajstić information content (AvgIpc) is 3.48. The second-order valence-corrected chi connectivity index (χ2v) is 8.71. The summed E-state index contributed by atoms with van der Waals surface area (Å²) >= 11 is 0. The zero-order valence-corrected chi connectivity index (χ0v) is 17.4.